The summed E-state index contributed by atoms with van der Waals surface area (Å²) < 4.78 is 0. The first-order chi connectivity index (χ1) is 7.52. The molecule has 0 bridgehead atoms. The van der Waals surface area contributed by atoms with Gasteiger partial charge in [-0.05, 0) is 39.7 Å². The van der Waals surface area contributed by atoms with E-state index in [4.69, 9.17) is 5.11 Å². The molecule has 0 aliphatic carbocycles. The van der Waals surface area contributed by atoms with Crippen LogP contribution in [-0.2, 0) is 4.79 Å². The molecule has 0 saturated carbocycles. The third-order valence-corrected chi connectivity index (χ3v) is 3.73. The van der Waals surface area contributed by atoms with Crippen molar-refractivity contribution >= 4 is 5.91 Å². The Hall–Kier alpha value is -0.610. The summed E-state index contributed by atoms with van der Waals surface area (Å²) in [5.74, 6) is 0.194. The number of hydrogen-bond donors (Lipinski definition) is 3. The van der Waals surface area contributed by atoms with Crippen LogP contribution in [0.3, 0.4) is 0 Å². The Labute approximate surface area is 97.8 Å². The van der Waals surface area contributed by atoms with Crippen LogP contribution in [-0.4, -0.2) is 35.7 Å². The van der Waals surface area contributed by atoms with Crippen LogP contribution in [0, 0.1) is 5.92 Å². The summed E-state index contributed by atoms with van der Waals surface area (Å²) >= 11 is 0. The van der Waals surface area contributed by atoms with E-state index in [2.05, 4.69) is 10.6 Å². The fraction of sp³-hybridized carbons (Fsp3) is 0.917. The molecule has 3 N–H and O–H groups in total. The molecule has 0 aromatic rings. The molecule has 1 aliphatic heterocycles. The highest BCUT2D eigenvalue weighted by atomic mass is 16.3. The molecule has 1 aliphatic rings. The molecule has 0 radical (unpaired) electrons. The Morgan fingerprint density at radius 3 is 2.75 bits per heavy atom. The second kappa shape index (κ2) is 5.64. The van der Waals surface area contributed by atoms with E-state index in [0.29, 0.717) is 6.42 Å². The smallest absolute Gasteiger partial charge is 0.225 e. The lowest BCUT2D eigenvalue weighted by Gasteiger charge is -2.31. The van der Waals surface area contributed by atoms with Crippen molar-refractivity contribution < 1.29 is 9.90 Å². The van der Waals surface area contributed by atoms with Gasteiger partial charge in [-0.1, -0.05) is 6.92 Å². The fourth-order valence-corrected chi connectivity index (χ4v) is 2.18. The molecule has 1 heterocycles. The summed E-state index contributed by atoms with van der Waals surface area (Å²) in [6.07, 6.45) is 2.36. The molecule has 0 aromatic heterocycles. The molecule has 1 rings (SSSR count). The van der Waals surface area contributed by atoms with Crippen LogP contribution < -0.4 is 10.6 Å². The van der Waals surface area contributed by atoms with Crippen molar-refractivity contribution in [3.05, 3.63) is 0 Å². The summed E-state index contributed by atoms with van der Waals surface area (Å²) in [4.78, 5) is 12.1. The molecule has 4 heteroatoms. The Bertz CT molecular complexity index is 245. The van der Waals surface area contributed by atoms with Gasteiger partial charge in [0.1, 0.15) is 0 Å². The van der Waals surface area contributed by atoms with Gasteiger partial charge in [-0.25, -0.2) is 0 Å². The maximum atomic E-state index is 12.1. The number of carbonyl (C=O) groups is 1. The summed E-state index contributed by atoms with van der Waals surface area (Å²) in [6.45, 7) is 7.11. The lowest BCUT2D eigenvalue weighted by atomic mass is 9.92. The molecule has 1 saturated heterocycles. The standard InChI is InChI=1S/C12H24N2O2/c1-4-12(3,6-8-15)14-11(16)10-5-7-13-9(10)2/h9-10,13,15H,4-8H2,1-3H3,(H,14,16). The molecule has 1 fully saturated rings. The molecule has 4 nitrogen and oxygen atoms in total. The minimum atomic E-state index is -0.270. The Morgan fingerprint density at radius 2 is 2.31 bits per heavy atom. The first-order valence-corrected chi connectivity index (χ1v) is 6.18. The van der Waals surface area contributed by atoms with Crippen molar-refractivity contribution in [2.45, 2.75) is 51.6 Å². The molecular weight excluding hydrogens is 204 g/mol. The van der Waals surface area contributed by atoms with Gasteiger partial charge in [0.05, 0.1) is 5.92 Å². The fourth-order valence-electron chi connectivity index (χ4n) is 2.18. The van der Waals surface area contributed by atoms with E-state index in [1.807, 2.05) is 20.8 Å². The summed E-state index contributed by atoms with van der Waals surface area (Å²) in [6, 6.07) is 0.259. The predicted molar refractivity (Wildman–Crippen MR) is 64.1 cm³/mol. The van der Waals surface area contributed by atoms with Crippen molar-refractivity contribution in [1.29, 1.82) is 0 Å². The average Bonchev–Trinajstić information content (AvgIpc) is 2.65. The number of hydrogen-bond acceptors (Lipinski definition) is 3. The molecule has 16 heavy (non-hydrogen) atoms. The summed E-state index contributed by atoms with van der Waals surface area (Å²) in [7, 11) is 0. The predicted octanol–water partition coefficient (Wildman–Crippen LogP) is 0.652. The zero-order chi connectivity index (χ0) is 12.2. The van der Waals surface area contributed by atoms with E-state index in [-0.39, 0.29) is 30.0 Å². The van der Waals surface area contributed by atoms with Gasteiger partial charge in [0, 0.05) is 18.2 Å². The minimum Gasteiger partial charge on any atom is -0.396 e. The number of aliphatic hydroxyl groups is 1. The van der Waals surface area contributed by atoms with E-state index >= 15 is 0 Å². The zero-order valence-electron chi connectivity index (χ0n) is 10.5. The minimum absolute atomic E-state index is 0.0737. The van der Waals surface area contributed by atoms with Gasteiger partial charge in [-0.2, -0.15) is 0 Å². The van der Waals surface area contributed by atoms with Crippen LogP contribution in [0.25, 0.3) is 0 Å². The van der Waals surface area contributed by atoms with Gasteiger partial charge in [-0.3, -0.25) is 4.79 Å². The maximum absolute atomic E-state index is 12.1. The number of nitrogens with one attached hydrogen (secondary N) is 2. The molecule has 0 spiro atoms. The molecule has 94 valence electrons. The molecule has 3 atom stereocenters. The van der Waals surface area contributed by atoms with Crippen LogP contribution in [0.5, 0.6) is 0 Å². The largest absolute Gasteiger partial charge is 0.396 e. The monoisotopic (exact) mass is 228 g/mol. The van der Waals surface area contributed by atoms with Crippen molar-refractivity contribution in [1.82, 2.24) is 10.6 Å². The lowest BCUT2D eigenvalue weighted by molar-refractivity contribution is -0.127. The van der Waals surface area contributed by atoms with Crippen molar-refractivity contribution in [3.8, 4) is 0 Å². The highest BCUT2D eigenvalue weighted by Crippen LogP contribution is 2.19. The van der Waals surface area contributed by atoms with Crippen molar-refractivity contribution in [2.75, 3.05) is 13.2 Å². The second-order valence-corrected chi connectivity index (χ2v) is 5.02. The van der Waals surface area contributed by atoms with Gasteiger partial charge in [0.25, 0.3) is 0 Å². The van der Waals surface area contributed by atoms with Crippen LogP contribution >= 0.6 is 0 Å². The lowest BCUT2D eigenvalue weighted by Crippen LogP contribution is -2.50. The van der Waals surface area contributed by atoms with E-state index in [0.717, 1.165) is 19.4 Å². The Morgan fingerprint density at radius 1 is 1.62 bits per heavy atom. The third kappa shape index (κ3) is 3.19. The first-order valence-electron chi connectivity index (χ1n) is 6.18. The first kappa shape index (κ1) is 13.5. The van der Waals surface area contributed by atoms with Gasteiger partial charge in [0.2, 0.25) is 5.91 Å². The normalized spacial score (nSPS) is 28.8. The van der Waals surface area contributed by atoms with E-state index < -0.39 is 0 Å². The van der Waals surface area contributed by atoms with Gasteiger partial charge >= 0.3 is 0 Å². The van der Waals surface area contributed by atoms with Crippen LogP contribution in [0.2, 0.25) is 0 Å². The highest BCUT2D eigenvalue weighted by Gasteiger charge is 2.33. The number of rotatable bonds is 5. The van der Waals surface area contributed by atoms with E-state index in [9.17, 15) is 4.79 Å². The Kier molecular flexibility index (Phi) is 4.74. The maximum Gasteiger partial charge on any atom is 0.225 e. The van der Waals surface area contributed by atoms with Crippen LogP contribution in [0.1, 0.15) is 40.0 Å². The second-order valence-electron chi connectivity index (χ2n) is 5.02. The van der Waals surface area contributed by atoms with Gasteiger partial charge in [0.15, 0.2) is 0 Å². The average molecular weight is 228 g/mol. The third-order valence-electron chi connectivity index (χ3n) is 3.73. The zero-order valence-corrected chi connectivity index (χ0v) is 10.5. The highest BCUT2D eigenvalue weighted by molar-refractivity contribution is 5.80. The quantitative estimate of drug-likeness (QED) is 0.647. The van der Waals surface area contributed by atoms with Gasteiger partial charge in [-0.15, -0.1) is 0 Å². The molecule has 1 amide bonds. The topological polar surface area (TPSA) is 61.4 Å². The number of aliphatic hydroxyl groups excluding tert-OH is 1. The summed E-state index contributed by atoms with van der Waals surface area (Å²) in [5.41, 5.74) is -0.270. The van der Waals surface area contributed by atoms with Crippen molar-refractivity contribution in [2.24, 2.45) is 5.92 Å². The number of amides is 1. The SMILES string of the molecule is CCC(C)(CCO)NC(=O)C1CCNC1C. The summed E-state index contributed by atoms with van der Waals surface area (Å²) in [5, 5.41) is 15.4. The van der Waals surface area contributed by atoms with Gasteiger partial charge < -0.3 is 15.7 Å². The van der Waals surface area contributed by atoms with E-state index in [1.165, 1.54) is 0 Å². The van der Waals surface area contributed by atoms with Crippen molar-refractivity contribution in [3.63, 3.8) is 0 Å². The molecular formula is C12H24N2O2. The van der Waals surface area contributed by atoms with Crippen LogP contribution in [0.15, 0.2) is 0 Å². The van der Waals surface area contributed by atoms with Crippen LogP contribution in [0.4, 0.5) is 0 Å². The Balaban J connectivity index is 2.54. The van der Waals surface area contributed by atoms with E-state index in [1.54, 1.807) is 0 Å². The molecule has 0 aromatic carbocycles. The number of carbonyl (C=O) groups excluding carboxylic acids is 1. The molecule has 3 unspecified atom stereocenters.